The highest BCUT2D eigenvalue weighted by Crippen LogP contribution is 2.23. The Kier molecular flexibility index (Phi) is 3.11. The van der Waals surface area contributed by atoms with Gasteiger partial charge in [-0.15, -0.1) is 11.3 Å². The van der Waals surface area contributed by atoms with E-state index in [1.54, 1.807) is 23.6 Å². The quantitative estimate of drug-likeness (QED) is 0.829. The SMILES string of the molecule is O=C(c1ccnc(-c2cccs2)c1)N1CCCC1. The van der Waals surface area contributed by atoms with Crippen LogP contribution in [0.25, 0.3) is 10.6 Å². The molecule has 0 spiro atoms. The van der Waals surface area contributed by atoms with Crippen molar-refractivity contribution in [3.8, 4) is 10.6 Å². The minimum atomic E-state index is 0.132. The predicted molar refractivity (Wildman–Crippen MR) is 72.7 cm³/mol. The maximum absolute atomic E-state index is 12.3. The van der Waals surface area contributed by atoms with E-state index in [1.165, 1.54) is 0 Å². The third-order valence-electron chi connectivity index (χ3n) is 3.17. The van der Waals surface area contributed by atoms with Gasteiger partial charge >= 0.3 is 0 Å². The number of likely N-dealkylation sites (tertiary alicyclic amines) is 1. The minimum Gasteiger partial charge on any atom is -0.339 e. The van der Waals surface area contributed by atoms with E-state index in [4.69, 9.17) is 0 Å². The van der Waals surface area contributed by atoms with Crippen LogP contribution in [0.4, 0.5) is 0 Å². The van der Waals surface area contributed by atoms with Gasteiger partial charge < -0.3 is 4.90 Å². The molecule has 2 aromatic rings. The molecular weight excluding hydrogens is 244 g/mol. The molecule has 2 aromatic heterocycles. The van der Waals surface area contributed by atoms with E-state index in [9.17, 15) is 4.79 Å². The zero-order chi connectivity index (χ0) is 12.4. The summed E-state index contributed by atoms with van der Waals surface area (Å²) in [6, 6.07) is 7.72. The van der Waals surface area contributed by atoms with Gasteiger partial charge in [-0.25, -0.2) is 0 Å². The molecule has 1 aliphatic rings. The van der Waals surface area contributed by atoms with Crippen LogP contribution in [0.2, 0.25) is 0 Å². The molecule has 0 aromatic carbocycles. The fourth-order valence-electron chi connectivity index (χ4n) is 2.23. The Hall–Kier alpha value is -1.68. The maximum Gasteiger partial charge on any atom is 0.253 e. The van der Waals surface area contributed by atoms with Gasteiger partial charge in [0.05, 0.1) is 10.6 Å². The monoisotopic (exact) mass is 258 g/mol. The lowest BCUT2D eigenvalue weighted by Gasteiger charge is -2.15. The topological polar surface area (TPSA) is 33.2 Å². The van der Waals surface area contributed by atoms with Crippen LogP contribution in [0.3, 0.4) is 0 Å². The Labute approximate surface area is 110 Å². The molecule has 0 atom stereocenters. The molecule has 92 valence electrons. The lowest BCUT2D eigenvalue weighted by Crippen LogP contribution is -2.27. The van der Waals surface area contributed by atoms with Crippen molar-refractivity contribution in [2.24, 2.45) is 0 Å². The summed E-state index contributed by atoms with van der Waals surface area (Å²) < 4.78 is 0. The van der Waals surface area contributed by atoms with Crippen molar-refractivity contribution in [2.45, 2.75) is 12.8 Å². The van der Waals surface area contributed by atoms with Gasteiger partial charge in [0.25, 0.3) is 5.91 Å². The summed E-state index contributed by atoms with van der Waals surface area (Å²) in [7, 11) is 0. The summed E-state index contributed by atoms with van der Waals surface area (Å²) >= 11 is 1.64. The van der Waals surface area contributed by atoms with E-state index in [-0.39, 0.29) is 5.91 Å². The van der Waals surface area contributed by atoms with Crippen molar-refractivity contribution < 1.29 is 4.79 Å². The fourth-order valence-corrected chi connectivity index (χ4v) is 2.92. The van der Waals surface area contributed by atoms with Crippen LogP contribution in [0.1, 0.15) is 23.2 Å². The average Bonchev–Trinajstić information content (AvgIpc) is 3.11. The first-order valence-corrected chi connectivity index (χ1v) is 7.02. The van der Waals surface area contributed by atoms with Gasteiger partial charge in [0.15, 0.2) is 0 Å². The Morgan fingerprint density at radius 1 is 1.28 bits per heavy atom. The van der Waals surface area contributed by atoms with E-state index in [0.717, 1.165) is 42.1 Å². The predicted octanol–water partition coefficient (Wildman–Crippen LogP) is 3.05. The maximum atomic E-state index is 12.3. The second kappa shape index (κ2) is 4.90. The van der Waals surface area contributed by atoms with Crippen molar-refractivity contribution in [2.75, 3.05) is 13.1 Å². The number of nitrogens with zero attached hydrogens (tertiary/aromatic N) is 2. The van der Waals surface area contributed by atoms with Gasteiger partial charge in [-0.05, 0) is 36.4 Å². The summed E-state index contributed by atoms with van der Waals surface area (Å²) in [5.41, 5.74) is 1.63. The Bertz CT molecular complexity index is 545. The van der Waals surface area contributed by atoms with Gasteiger partial charge in [0.2, 0.25) is 0 Å². The number of carbonyl (C=O) groups is 1. The molecule has 0 saturated carbocycles. The smallest absolute Gasteiger partial charge is 0.253 e. The normalized spacial score (nSPS) is 15.0. The molecule has 0 N–H and O–H groups in total. The molecule has 4 heteroatoms. The minimum absolute atomic E-state index is 0.132. The highest BCUT2D eigenvalue weighted by atomic mass is 32.1. The first-order chi connectivity index (χ1) is 8.84. The van der Waals surface area contributed by atoms with E-state index in [1.807, 2.05) is 28.5 Å². The van der Waals surface area contributed by atoms with Crippen molar-refractivity contribution in [3.63, 3.8) is 0 Å². The number of thiophene rings is 1. The highest BCUT2D eigenvalue weighted by molar-refractivity contribution is 7.13. The molecule has 3 heterocycles. The van der Waals surface area contributed by atoms with Gasteiger partial charge in [-0.3, -0.25) is 9.78 Å². The molecule has 1 saturated heterocycles. The van der Waals surface area contributed by atoms with Crippen LogP contribution in [0, 0.1) is 0 Å². The van der Waals surface area contributed by atoms with Crippen molar-refractivity contribution in [3.05, 3.63) is 41.4 Å². The number of pyridine rings is 1. The molecule has 0 bridgehead atoms. The lowest BCUT2D eigenvalue weighted by molar-refractivity contribution is 0.0793. The molecule has 1 aliphatic heterocycles. The van der Waals surface area contributed by atoms with E-state index < -0.39 is 0 Å². The highest BCUT2D eigenvalue weighted by Gasteiger charge is 2.19. The fraction of sp³-hybridized carbons (Fsp3) is 0.286. The van der Waals surface area contributed by atoms with E-state index >= 15 is 0 Å². The Morgan fingerprint density at radius 2 is 2.11 bits per heavy atom. The molecule has 18 heavy (non-hydrogen) atoms. The first kappa shape index (κ1) is 11.4. The summed E-state index contributed by atoms with van der Waals surface area (Å²) in [5.74, 6) is 0.132. The Balaban J connectivity index is 1.89. The molecule has 0 unspecified atom stereocenters. The molecule has 0 radical (unpaired) electrons. The standard InChI is InChI=1S/C14H14N2OS/c17-14(16-7-1-2-8-16)11-5-6-15-12(10-11)13-4-3-9-18-13/h3-6,9-10H,1-2,7-8H2. The number of rotatable bonds is 2. The van der Waals surface area contributed by atoms with Crippen LogP contribution in [-0.4, -0.2) is 28.9 Å². The van der Waals surface area contributed by atoms with Gasteiger partial charge in [0.1, 0.15) is 0 Å². The second-order valence-electron chi connectivity index (χ2n) is 4.41. The van der Waals surface area contributed by atoms with E-state index in [2.05, 4.69) is 4.98 Å². The Morgan fingerprint density at radius 3 is 2.83 bits per heavy atom. The molecule has 1 fully saturated rings. The summed E-state index contributed by atoms with van der Waals surface area (Å²) in [4.78, 5) is 19.6. The van der Waals surface area contributed by atoms with Gasteiger partial charge in [-0.1, -0.05) is 6.07 Å². The first-order valence-electron chi connectivity index (χ1n) is 6.14. The third-order valence-corrected chi connectivity index (χ3v) is 4.07. The number of amides is 1. The average molecular weight is 258 g/mol. The zero-order valence-corrected chi connectivity index (χ0v) is 10.8. The van der Waals surface area contributed by atoms with Crippen LogP contribution in [0.5, 0.6) is 0 Å². The van der Waals surface area contributed by atoms with Crippen molar-refractivity contribution in [1.82, 2.24) is 9.88 Å². The number of hydrogen-bond donors (Lipinski definition) is 0. The van der Waals surface area contributed by atoms with E-state index in [0.29, 0.717) is 0 Å². The molecule has 3 rings (SSSR count). The van der Waals surface area contributed by atoms with Crippen molar-refractivity contribution >= 4 is 17.2 Å². The third kappa shape index (κ3) is 2.16. The molecular formula is C14H14N2OS. The van der Waals surface area contributed by atoms with Crippen LogP contribution >= 0.6 is 11.3 Å². The molecule has 1 amide bonds. The zero-order valence-electron chi connectivity index (χ0n) is 10.0. The van der Waals surface area contributed by atoms with Crippen molar-refractivity contribution in [1.29, 1.82) is 0 Å². The van der Waals surface area contributed by atoms with Gasteiger partial charge in [0, 0.05) is 24.8 Å². The van der Waals surface area contributed by atoms with Crippen LogP contribution < -0.4 is 0 Å². The summed E-state index contributed by atoms with van der Waals surface area (Å²) in [6.45, 7) is 1.77. The van der Waals surface area contributed by atoms with Crippen LogP contribution in [-0.2, 0) is 0 Å². The molecule has 0 aliphatic carbocycles. The molecule has 3 nitrogen and oxygen atoms in total. The number of aromatic nitrogens is 1. The largest absolute Gasteiger partial charge is 0.339 e. The number of hydrogen-bond acceptors (Lipinski definition) is 3. The summed E-state index contributed by atoms with van der Waals surface area (Å²) in [6.07, 6.45) is 3.96. The van der Waals surface area contributed by atoms with Crippen LogP contribution in [0.15, 0.2) is 35.8 Å². The lowest BCUT2D eigenvalue weighted by atomic mass is 10.2. The van der Waals surface area contributed by atoms with Gasteiger partial charge in [-0.2, -0.15) is 0 Å². The summed E-state index contributed by atoms with van der Waals surface area (Å²) in [5, 5.41) is 2.02. The second-order valence-corrected chi connectivity index (χ2v) is 5.35. The number of carbonyl (C=O) groups excluding carboxylic acids is 1.